The van der Waals surface area contributed by atoms with Crippen molar-refractivity contribution in [2.75, 3.05) is 0 Å². The third-order valence-electron chi connectivity index (χ3n) is 5.78. The third kappa shape index (κ3) is 4.60. The van der Waals surface area contributed by atoms with E-state index in [0.717, 1.165) is 10.4 Å². The molecule has 0 bridgehead atoms. The predicted octanol–water partition coefficient (Wildman–Crippen LogP) is 7.26. The van der Waals surface area contributed by atoms with Gasteiger partial charge in [0.1, 0.15) is 11.5 Å². The fourth-order valence-corrected chi connectivity index (χ4v) is 7.41. The van der Waals surface area contributed by atoms with Crippen LogP contribution in [0.1, 0.15) is 4.88 Å². The van der Waals surface area contributed by atoms with Crippen LogP contribution in [0.15, 0.2) is 72.4 Å². The summed E-state index contributed by atoms with van der Waals surface area (Å²) in [5.74, 6) is 0.617. The minimum absolute atomic E-state index is 0.293. The molecule has 6 aromatic rings. The SMILES string of the molecule is Cc1sc(-c2ccc(-c3ccnc(-c4cc(OC=O)cc(-c5cc(OC=O)ccn5)n4)c3)s2)c2ccsc12. The van der Waals surface area contributed by atoms with Crippen molar-refractivity contribution in [1.29, 1.82) is 0 Å². The second kappa shape index (κ2) is 10.3. The molecule has 186 valence electrons. The van der Waals surface area contributed by atoms with Crippen LogP contribution in [0.5, 0.6) is 11.5 Å². The molecule has 0 aliphatic carbocycles. The normalized spacial score (nSPS) is 11.0. The van der Waals surface area contributed by atoms with Gasteiger partial charge in [-0.05, 0) is 54.3 Å². The van der Waals surface area contributed by atoms with Crippen LogP contribution in [0.25, 0.3) is 53.1 Å². The zero-order chi connectivity index (χ0) is 26.1. The monoisotopic (exact) mass is 555 g/mol. The highest BCUT2D eigenvalue weighted by Crippen LogP contribution is 2.45. The molecule has 0 aliphatic rings. The summed E-state index contributed by atoms with van der Waals surface area (Å²) in [5, 5.41) is 3.45. The number of ether oxygens (including phenoxy) is 2. The first-order valence-corrected chi connectivity index (χ1v) is 13.9. The van der Waals surface area contributed by atoms with Crippen molar-refractivity contribution in [2.45, 2.75) is 6.92 Å². The third-order valence-corrected chi connectivity index (χ3v) is 9.38. The van der Waals surface area contributed by atoms with Crippen LogP contribution < -0.4 is 9.47 Å². The van der Waals surface area contributed by atoms with Crippen LogP contribution in [0.3, 0.4) is 0 Å². The van der Waals surface area contributed by atoms with E-state index in [-0.39, 0.29) is 0 Å². The standard InChI is InChI=1S/C28H17N3O4S3/c1-16-27-20(6-9-36-27)28(37-16)26-3-2-25(38-26)17-4-7-29-21(10-17)23-12-19(35-15-33)13-24(31-23)22-11-18(34-14-32)5-8-30-22/h2-15H,1H3. The minimum atomic E-state index is 0.293. The number of rotatable bonds is 8. The molecule has 6 rings (SSSR count). The predicted molar refractivity (Wildman–Crippen MR) is 151 cm³/mol. The number of fused-ring (bicyclic) bond motifs is 1. The van der Waals surface area contributed by atoms with Crippen LogP contribution in [-0.2, 0) is 9.59 Å². The van der Waals surface area contributed by atoms with Crippen LogP contribution in [-0.4, -0.2) is 27.9 Å². The van der Waals surface area contributed by atoms with Crippen molar-refractivity contribution >= 4 is 57.0 Å². The van der Waals surface area contributed by atoms with Gasteiger partial charge in [-0.25, -0.2) is 4.98 Å². The van der Waals surface area contributed by atoms with Gasteiger partial charge in [-0.15, -0.1) is 34.0 Å². The lowest BCUT2D eigenvalue weighted by atomic mass is 10.1. The molecule has 0 fully saturated rings. The van der Waals surface area contributed by atoms with Crippen LogP contribution in [0, 0.1) is 6.92 Å². The molecule has 0 radical (unpaired) electrons. The number of carbonyl (C=O) groups is 2. The highest BCUT2D eigenvalue weighted by Gasteiger charge is 2.15. The van der Waals surface area contributed by atoms with Crippen molar-refractivity contribution < 1.29 is 19.1 Å². The van der Waals surface area contributed by atoms with Gasteiger partial charge in [0.15, 0.2) is 0 Å². The van der Waals surface area contributed by atoms with E-state index in [4.69, 9.17) is 14.5 Å². The molecule has 0 unspecified atom stereocenters. The van der Waals surface area contributed by atoms with Crippen LogP contribution >= 0.6 is 34.0 Å². The topological polar surface area (TPSA) is 91.3 Å². The van der Waals surface area contributed by atoms with Gasteiger partial charge >= 0.3 is 0 Å². The fraction of sp³-hybridized carbons (Fsp3) is 0.0357. The van der Waals surface area contributed by atoms with Gasteiger partial charge < -0.3 is 9.47 Å². The summed E-state index contributed by atoms with van der Waals surface area (Å²) in [7, 11) is 0. The molecule has 38 heavy (non-hydrogen) atoms. The molecular formula is C28H17N3O4S3. The van der Waals surface area contributed by atoms with Crippen LogP contribution in [0.4, 0.5) is 0 Å². The summed E-state index contributed by atoms with van der Waals surface area (Å²) in [6, 6.07) is 16.8. The average molecular weight is 556 g/mol. The number of aryl methyl sites for hydroxylation is 1. The van der Waals surface area contributed by atoms with E-state index in [0.29, 0.717) is 47.2 Å². The zero-order valence-corrected chi connectivity index (χ0v) is 22.2. The van der Waals surface area contributed by atoms with Crippen molar-refractivity contribution in [3.05, 3.63) is 77.2 Å². The van der Waals surface area contributed by atoms with E-state index in [9.17, 15) is 9.59 Å². The van der Waals surface area contributed by atoms with Gasteiger partial charge in [-0.1, -0.05) is 0 Å². The summed E-state index contributed by atoms with van der Waals surface area (Å²) in [6.07, 6.45) is 3.25. The Labute approximate surface area is 229 Å². The largest absolute Gasteiger partial charge is 0.429 e. The molecule has 0 saturated heterocycles. The summed E-state index contributed by atoms with van der Waals surface area (Å²) >= 11 is 5.34. The van der Waals surface area contributed by atoms with Crippen molar-refractivity contribution in [1.82, 2.24) is 15.0 Å². The van der Waals surface area contributed by atoms with E-state index >= 15 is 0 Å². The Kier molecular flexibility index (Phi) is 6.50. The Morgan fingerprint density at radius 3 is 2.21 bits per heavy atom. The zero-order valence-electron chi connectivity index (χ0n) is 19.8. The Hall–Kier alpha value is -4.25. The van der Waals surface area contributed by atoms with Crippen LogP contribution in [0.2, 0.25) is 0 Å². The van der Waals surface area contributed by atoms with Crippen molar-refractivity contribution in [3.63, 3.8) is 0 Å². The van der Waals surface area contributed by atoms with E-state index in [1.54, 1.807) is 53.1 Å². The molecule has 6 aromatic heterocycles. The molecule has 6 heterocycles. The number of hydrogen-bond donors (Lipinski definition) is 0. The number of pyridine rings is 3. The molecule has 0 spiro atoms. The lowest BCUT2D eigenvalue weighted by Gasteiger charge is -2.09. The van der Waals surface area contributed by atoms with E-state index in [1.165, 1.54) is 30.9 Å². The maximum Gasteiger partial charge on any atom is 0.298 e. The molecule has 0 atom stereocenters. The van der Waals surface area contributed by atoms with Crippen molar-refractivity contribution in [2.24, 2.45) is 0 Å². The molecule has 0 amide bonds. The number of nitrogens with zero attached hydrogens (tertiary/aromatic N) is 3. The fourth-order valence-electron chi connectivity index (χ4n) is 4.11. The maximum atomic E-state index is 11.1. The number of aromatic nitrogens is 3. The Balaban J connectivity index is 1.38. The average Bonchev–Trinajstić information content (AvgIpc) is 3.68. The minimum Gasteiger partial charge on any atom is -0.429 e. The second-order valence-electron chi connectivity index (χ2n) is 8.12. The summed E-state index contributed by atoms with van der Waals surface area (Å²) in [6.45, 7) is 2.87. The first-order chi connectivity index (χ1) is 18.6. The Morgan fingerprint density at radius 1 is 0.737 bits per heavy atom. The highest BCUT2D eigenvalue weighted by atomic mass is 32.1. The molecule has 7 nitrogen and oxygen atoms in total. The van der Waals surface area contributed by atoms with E-state index < -0.39 is 0 Å². The molecule has 0 aromatic carbocycles. The van der Waals surface area contributed by atoms with E-state index in [1.807, 2.05) is 23.5 Å². The smallest absolute Gasteiger partial charge is 0.298 e. The quantitative estimate of drug-likeness (QED) is 0.183. The molecule has 0 N–H and O–H groups in total. The van der Waals surface area contributed by atoms with Gasteiger partial charge in [0.05, 0.1) is 27.7 Å². The lowest BCUT2D eigenvalue weighted by Crippen LogP contribution is -1.97. The second-order valence-corrected chi connectivity index (χ2v) is 11.3. The van der Waals surface area contributed by atoms with Gasteiger partial charge in [0.25, 0.3) is 12.9 Å². The highest BCUT2D eigenvalue weighted by molar-refractivity contribution is 7.28. The molecule has 0 aliphatic heterocycles. The summed E-state index contributed by atoms with van der Waals surface area (Å²) in [4.78, 5) is 40.4. The lowest BCUT2D eigenvalue weighted by molar-refractivity contribution is -0.121. The first-order valence-electron chi connectivity index (χ1n) is 11.4. The van der Waals surface area contributed by atoms with Gasteiger partial charge in [0.2, 0.25) is 0 Å². The van der Waals surface area contributed by atoms with Gasteiger partial charge in [-0.3, -0.25) is 19.6 Å². The Bertz CT molecular complexity index is 1800. The first kappa shape index (κ1) is 24.1. The Morgan fingerprint density at radius 2 is 1.42 bits per heavy atom. The number of hydrogen-bond acceptors (Lipinski definition) is 10. The molecule has 10 heteroatoms. The van der Waals surface area contributed by atoms with Gasteiger partial charge in [0, 0.05) is 55.3 Å². The van der Waals surface area contributed by atoms with E-state index in [2.05, 4.69) is 40.5 Å². The number of carbonyl (C=O) groups excluding carboxylic acids is 2. The van der Waals surface area contributed by atoms with Crippen molar-refractivity contribution in [3.8, 4) is 54.5 Å². The summed E-state index contributed by atoms with van der Waals surface area (Å²) in [5.41, 5.74) is 3.02. The summed E-state index contributed by atoms with van der Waals surface area (Å²) < 4.78 is 11.4. The van der Waals surface area contributed by atoms with Gasteiger partial charge in [-0.2, -0.15) is 0 Å². The molecular weight excluding hydrogens is 539 g/mol. The number of thiophene rings is 3. The maximum absolute atomic E-state index is 11.1. The molecule has 0 saturated carbocycles.